The molecule has 1 N–H and O–H groups in total. The number of aromatic nitrogens is 1. The van der Waals surface area contributed by atoms with Crippen LogP contribution in [0, 0.1) is 11.8 Å². The van der Waals surface area contributed by atoms with E-state index in [2.05, 4.69) is 10.3 Å². The van der Waals surface area contributed by atoms with Gasteiger partial charge in [0, 0.05) is 12.3 Å². The lowest BCUT2D eigenvalue weighted by atomic mass is 9.91. The van der Waals surface area contributed by atoms with Crippen LogP contribution in [-0.4, -0.2) is 79.8 Å². The number of amides is 1. The summed E-state index contributed by atoms with van der Waals surface area (Å²) in [6.45, 7) is 6.81. The Kier molecular flexibility index (Phi) is 12.5. The van der Waals surface area contributed by atoms with Gasteiger partial charge in [-0.25, -0.2) is 14.6 Å². The molecule has 4 atom stereocenters. The fraction of sp³-hybridized carbons (Fsp3) is 0.484. The average molecular weight is 631 g/mol. The van der Waals surface area contributed by atoms with Crippen molar-refractivity contribution in [3.05, 3.63) is 53.9 Å². The highest BCUT2D eigenvalue weighted by Crippen LogP contribution is 2.30. The summed E-state index contributed by atoms with van der Waals surface area (Å²) in [5.74, 6) is -4.85. The second-order valence-corrected chi connectivity index (χ2v) is 10.7. The summed E-state index contributed by atoms with van der Waals surface area (Å²) in [4.78, 5) is 68.4. The molecule has 1 aromatic carbocycles. The number of benzene rings is 1. The maximum Gasteiger partial charge on any atom is 0.511 e. The Hall–Kier alpha value is -4.88. The van der Waals surface area contributed by atoms with Gasteiger partial charge in [-0.15, -0.1) is 0 Å². The summed E-state index contributed by atoms with van der Waals surface area (Å²) >= 11 is 0. The van der Waals surface area contributed by atoms with Crippen molar-refractivity contribution in [3.63, 3.8) is 0 Å². The third-order valence-electron chi connectivity index (χ3n) is 6.48. The number of methoxy groups -OCH3 is 1. The molecular formula is C31H38N2O12. The van der Waals surface area contributed by atoms with Crippen LogP contribution in [0.4, 0.5) is 4.79 Å². The number of nitrogens with zero attached hydrogens (tertiary/aromatic N) is 1. The second-order valence-electron chi connectivity index (χ2n) is 10.7. The Morgan fingerprint density at radius 2 is 1.76 bits per heavy atom. The van der Waals surface area contributed by atoms with Gasteiger partial charge in [-0.1, -0.05) is 44.2 Å². The van der Waals surface area contributed by atoms with Gasteiger partial charge in [0.2, 0.25) is 6.79 Å². The first-order valence-corrected chi connectivity index (χ1v) is 14.3. The monoisotopic (exact) mass is 630 g/mol. The molecule has 1 aliphatic rings. The van der Waals surface area contributed by atoms with Crippen molar-refractivity contribution in [2.45, 2.75) is 65.4 Å². The molecule has 1 aliphatic heterocycles. The molecule has 0 radical (unpaired) electrons. The summed E-state index contributed by atoms with van der Waals surface area (Å²) in [6, 6.07) is 8.96. The Morgan fingerprint density at radius 3 is 2.40 bits per heavy atom. The van der Waals surface area contributed by atoms with Gasteiger partial charge in [-0.2, -0.15) is 0 Å². The minimum absolute atomic E-state index is 0.0756. The van der Waals surface area contributed by atoms with Gasteiger partial charge in [0.05, 0.1) is 19.1 Å². The van der Waals surface area contributed by atoms with Crippen molar-refractivity contribution in [2.75, 3.05) is 20.5 Å². The van der Waals surface area contributed by atoms with E-state index < -0.39 is 79.6 Å². The first kappa shape index (κ1) is 34.6. The molecule has 1 saturated heterocycles. The number of hydrogen-bond acceptors (Lipinski definition) is 13. The van der Waals surface area contributed by atoms with Crippen LogP contribution in [0.5, 0.6) is 11.5 Å². The van der Waals surface area contributed by atoms with Crippen molar-refractivity contribution in [3.8, 4) is 11.5 Å². The molecule has 2 aromatic rings. The van der Waals surface area contributed by atoms with E-state index in [1.54, 1.807) is 52.0 Å². The Bertz CT molecular complexity index is 1350. The Morgan fingerprint density at radius 1 is 1.04 bits per heavy atom. The second kappa shape index (κ2) is 16.3. The maximum atomic E-state index is 13.4. The third kappa shape index (κ3) is 9.81. The van der Waals surface area contributed by atoms with Crippen LogP contribution in [-0.2, 0) is 44.5 Å². The standard InChI is InChI=1S/C31H38N2O12/c1-17(2)28(35)45-25-19(5)44-30(37)22(15-40-29(36)21(25)14-20-10-8-7-9-11-20)33-27(34)24-26(23(39-6)12-13-32-24)41-16-42-31(38)43-18(3)4/h7-13,17-19,21-22,25H,14-16H2,1-6H3,(H,33,34). The van der Waals surface area contributed by atoms with E-state index in [-0.39, 0.29) is 23.6 Å². The van der Waals surface area contributed by atoms with Crippen molar-refractivity contribution in [1.29, 1.82) is 0 Å². The average Bonchev–Trinajstić information content (AvgIpc) is 3.03. The highest BCUT2D eigenvalue weighted by Gasteiger charge is 2.42. The zero-order chi connectivity index (χ0) is 33.1. The first-order chi connectivity index (χ1) is 21.4. The lowest BCUT2D eigenvalue weighted by Gasteiger charge is -2.29. The first-order valence-electron chi connectivity index (χ1n) is 14.3. The van der Waals surface area contributed by atoms with E-state index >= 15 is 0 Å². The molecule has 4 unspecified atom stereocenters. The molecule has 1 amide bonds. The smallest absolute Gasteiger partial charge is 0.493 e. The van der Waals surface area contributed by atoms with Gasteiger partial charge in [-0.3, -0.25) is 14.4 Å². The molecular weight excluding hydrogens is 592 g/mol. The number of carbonyl (C=O) groups is 5. The van der Waals surface area contributed by atoms with Gasteiger partial charge in [0.15, 0.2) is 29.3 Å². The molecule has 1 fully saturated rings. The lowest BCUT2D eigenvalue weighted by Crippen LogP contribution is -2.47. The van der Waals surface area contributed by atoms with E-state index in [4.69, 9.17) is 33.2 Å². The minimum atomic E-state index is -1.47. The topological polar surface area (TPSA) is 175 Å². The largest absolute Gasteiger partial charge is 0.511 e. The highest BCUT2D eigenvalue weighted by molar-refractivity contribution is 5.98. The molecule has 3 rings (SSSR count). The van der Waals surface area contributed by atoms with Gasteiger partial charge in [0.1, 0.15) is 18.6 Å². The number of hydrogen-bond donors (Lipinski definition) is 1. The minimum Gasteiger partial charge on any atom is -0.493 e. The SMILES string of the molecule is COc1ccnc(C(=O)NC2COC(=O)C(Cc3ccccc3)C(OC(=O)C(C)C)C(C)OC2=O)c1OCOC(=O)OC(C)C. The summed E-state index contributed by atoms with van der Waals surface area (Å²) in [5.41, 5.74) is 0.443. The predicted molar refractivity (Wildman–Crippen MR) is 155 cm³/mol. The van der Waals surface area contributed by atoms with Crippen molar-refractivity contribution in [2.24, 2.45) is 11.8 Å². The third-order valence-corrected chi connectivity index (χ3v) is 6.48. The number of esters is 3. The molecule has 14 nitrogen and oxygen atoms in total. The molecule has 2 heterocycles. The maximum absolute atomic E-state index is 13.4. The van der Waals surface area contributed by atoms with Crippen LogP contribution >= 0.6 is 0 Å². The van der Waals surface area contributed by atoms with Crippen LogP contribution in [0.3, 0.4) is 0 Å². The van der Waals surface area contributed by atoms with E-state index in [9.17, 15) is 24.0 Å². The van der Waals surface area contributed by atoms with E-state index in [0.717, 1.165) is 5.56 Å². The molecule has 244 valence electrons. The molecule has 0 aliphatic carbocycles. The zero-order valence-corrected chi connectivity index (χ0v) is 26.0. The van der Waals surface area contributed by atoms with Crippen LogP contribution in [0.25, 0.3) is 0 Å². The van der Waals surface area contributed by atoms with Gasteiger partial charge < -0.3 is 38.5 Å². The Labute approximate surface area is 260 Å². The number of cyclic esters (lactones) is 2. The predicted octanol–water partition coefficient (Wildman–Crippen LogP) is 3.00. The summed E-state index contributed by atoms with van der Waals surface area (Å²) in [7, 11) is 1.32. The summed E-state index contributed by atoms with van der Waals surface area (Å²) in [6.07, 6.45) is -2.28. The molecule has 45 heavy (non-hydrogen) atoms. The fourth-order valence-corrected chi connectivity index (χ4v) is 4.23. The van der Waals surface area contributed by atoms with Gasteiger partial charge in [0.25, 0.3) is 5.91 Å². The molecule has 14 heteroatoms. The van der Waals surface area contributed by atoms with Crippen LogP contribution < -0.4 is 14.8 Å². The van der Waals surface area contributed by atoms with E-state index in [1.165, 1.54) is 26.3 Å². The van der Waals surface area contributed by atoms with Crippen LogP contribution in [0.15, 0.2) is 42.6 Å². The number of nitrogens with one attached hydrogen (secondary N) is 1. The van der Waals surface area contributed by atoms with Gasteiger partial charge in [-0.05, 0) is 32.8 Å². The number of ether oxygens (including phenoxy) is 7. The molecule has 1 aromatic heterocycles. The van der Waals surface area contributed by atoms with Crippen molar-refractivity contribution < 1.29 is 57.1 Å². The number of carbonyl (C=O) groups excluding carboxylic acids is 5. The van der Waals surface area contributed by atoms with Crippen molar-refractivity contribution in [1.82, 2.24) is 10.3 Å². The number of pyridine rings is 1. The molecule has 0 bridgehead atoms. The van der Waals surface area contributed by atoms with E-state index in [1.807, 2.05) is 6.07 Å². The fourth-order valence-electron chi connectivity index (χ4n) is 4.23. The summed E-state index contributed by atoms with van der Waals surface area (Å²) < 4.78 is 37.2. The van der Waals surface area contributed by atoms with E-state index in [0.29, 0.717) is 0 Å². The zero-order valence-electron chi connectivity index (χ0n) is 26.0. The van der Waals surface area contributed by atoms with Gasteiger partial charge >= 0.3 is 24.1 Å². The van der Waals surface area contributed by atoms with Crippen LogP contribution in [0.1, 0.15) is 50.7 Å². The Balaban J connectivity index is 1.83. The molecule has 0 saturated carbocycles. The highest BCUT2D eigenvalue weighted by atomic mass is 16.8. The summed E-state index contributed by atoms with van der Waals surface area (Å²) in [5, 5.41) is 2.45. The van der Waals surface area contributed by atoms with Crippen molar-refractivity contribution >= 4 is 30.0 Å². The van der Waals surface area contributed by atoms with Crippen LogP contribution in [0.2, 0.25) is 0 Å². The molecule has 0 spiro atoms. The lowest BCUT2D eigenvalue weighted by molar-refractivity contribution is -0.176. The normalized spacial score (nSPS) is 20.1. The quantitative estimate of drug-likeness (QED) is 0.218. The number of rotatable bonds is 11.